The average molecular weight is 369 g/mol. The molecule has 0 amide bonds. The first-order valence-electron chi connectivity index (χ1n) is 8.23. The van der Waals surface area contributed by atoms with E-state index in [9.17, 15) is 0 Å². The van der Waals surface area contributed by atoms with Crippen molar-refractivity contribution in [2.75, 3.05) is 32.7 Å². The van der Waals surface area contributed by atoms with Gasteiger partial charge in [0.05, 0.1) is 6.04 Å². The first-order valence-corrected chi connectivity index (χ1v) is 8.98. The van der Waals surface area contributed by atoms with Crippen LogP contribution < -0.4 is 0 Å². The Morgan fingerprint density at radius 3 is 2.38 bits per heavy atom. The fourth-order valence-corrected chi connectivity index (χ4v) is 3.63. The lowest BCUT2D eigenvalue weighted by molar-refractivity contribution is 0.0890. The Labute approximate surface area is 152 Å². The normalized spacial score (nSPS) is 18.0. The van der Waals surface area contributed by atoms with Gasteiger partial charge in [-0.3, -0.25) is 4.90 Å². The summed E-state index contributed by atoms with van der Waals surface area (Å²) < 4.78 is 5.29. The molecular weight excluding hydrogens is 347 g/mol. The highest BCUT2D eigenvalue weighted by atomic mass is 35.5. The van der Waals surface area contributed by atoms with Crippen LogP contribution in [0.1, 0.15) is 30.2 Å². The van der Waals surface area contributed by atoms with Gasteiger partial charge in [0.1, 0.15) is 0 Å². The van der Waals surface area contributed by atoms with E-state index in [2.05, 4.69) is 26.9 Å². The molecule has 0 bridgehead atoms. The fourth-order valence-electron chi connectivity index (χ4n) is 3.06. The summed E-state index contributed by atoms with van der Waals surface area (Å²) in [4.78, 5) is 9.20. The molecule has 5 nitrogen and oxygen atoms in total. The van der Waals surface area contributed by atoms with Gasteiger partial charge < -0.3 is 9.42 Å². The number of hydrogen-bond acceptors (Lipinski definition) is 5. The first-order chi connectivity index (χ1) is 11.5. The molecule has 7 heteroatoms. The van der Waals surface area contributed by atoms with Crippen LogP contribution in [0.2, 0.25) is 10.0 Å². The van der Waals surface area contributed by atoms with E-state index in [1.807, 2.05) is 19.1 Å². The highest BCUT2D eigenvalue weighted by Gasteiger charge is 2.25. The maximum atomic E-state index is 6.06. The molecule has 1 unspecified atom stereocenters. The van der Waals surface area contributed by atoms with Gasteiger partial charge in [0, 0.05) is 42.8 Å². The largest absolute Gasteiger partial charge is 0.338 e. The highest BCUT2D eigenvalue weighted by Crippen LogP contribution is 2.21. The Bertz CT molecular complexity index is 663. The van der Waals surface area contributed by atoms with Crippen molar-refractivity contribution in [2.45, 2.75) is 26.3 Å². The lowest BCUT2D eigenvalue weighted by atomic mass is 10.1. The molecule has 1 aliphatic heterocycles. The molecule has 130 valence electrons. The predicted molar refractivity (Wildman–Crippen MR) is 95.6 cm³/mol. The molecular formula is C17H22Cl2N4O. The average Bonchev–Trinajstić information content (AvgIpc) is 2.98. The third-order valence-corrected chi connectivity index (χ3v) is 4.93. The SMILES string of the molecule is Cc1noc(C(C)N2CCN(CCc3cc(Cl)cc(Cl)c3)CC2)n1. The number of aromatic nitrogens is 2. The van der Waals surface area contributed by atoms with Gasteiger partial charge in [-0.2, -0.15) is 4.98 Å². The molecule has 1 aromatic heterocycles. The Kier molecular flexibility index (Phi) is 5.76. The lowest BCUT2D eigenvalue weighted by Crippen LogP contribution is -2.47. The molecule has 0 spiro atoms. The van der Waals surface area contributed by atoms with Crippen LogP contribution in [0.4, 0.5) is 0 Å². The van der Waals surface area contributed by atoms with Crippen molar-refractivity contribution in [3.8, 4) is 0 Å². The summed E-state index contributed by atoms with van der Waals surface area (Å²) in [6.45, 7) is 9.05. The van der Waals surface area contributed by atoms with Crippen molar-refractivity contribution in [3.63, 3.8) is 0 Å². The topological polar surface area (TPSA) is 45.4 Å². The second-order valence-electron chi connectivity index (χ2n) is 6.26. The van der Waals surface area contributed by atoms with Crippen molar-refractivity contribution in [2.24, 2.45) is 0 Å². The van der Waals surface area contributed by atoms with Gasteiger partial charge in [-0.15, -0.1) is 0 Å². The van der Waals surface area contributed by atoms with E-state index in [1.165, 1.54) is 5.56 Å². The van der Waals surface area contributed by atoms with Crippen LogP contribution in [0.3, 0.4) is 0 Å². The maximum absolute atomic E-state index is 6.06. The van der Waals surface area contributed by atoms with E-state index < -0.39 is 0 Å². The molecule has 1 fully saturated rings. The van der Waals surface area contributed by atoms with Crippen LogP contribution in [0.15, 0.2) is 22.7 Å². The molecule has 0 aliphatic carbocycles. The molecule has 1 aromatic carbocycles. The van der Waals surface area contributed by atoms with Gasteiger partial charge in [0.15, 0.2) is 5.82 Å². The molecule has 1 aliphatic rings. The number of nitrogens with zero attached hydrogens (tertiary/aromatic N) is 4. The molecule has 1 atom stereocenters. The van der Waals surface area contributed by atoms with Crippen molar-refractivity contribution < 1.29 is 4.52 Å². The highest BCUT2D eigenvalue weighted by molar-refractivity contribution is 6.34. The molecule has 0 saturated carbocycles. The van der Waals surface area contributed by atoms with E-state index in [0.717, 1.165) is 39.1 Å². The summed E-state index contributed by atoms with van der Waals surface area (Å²) in [6, 6.07) is 5.92. The van der Waals surface area contributed by atoms with E-state index in [4.69, 9.17) is 27.7 Å². The van der Waals surface area contributed by atoms with Gasteiger partial charge in [0.25, 0.3) is 0 Å². The number of benzene rings is 1. The number of halogens is 2. The number of hydrogen-bond donors (Lipinski definition) is 0. The van der Waals surface area contributed by atoms with E-state index in [0.29, 0.717) is 21.8 Å². The molecule has 0 radical (unpaired) electrons. The summed E-state index contributed by atoms with van der Waals surface area (Å²) >= 11 is 12.1. The van der Waals surface area contributed by atoms with Crippen LogP contribution >= 0.6 is 23.2 Å². The van der Waals surface area contributed by atoms with Crippen LogP contribution in [-0.2, 0) is 6.42 Å². The molecule has 0 N–H and O–H groups in total. The molecule has 24 heavy (non-hydrogen) atoms. The summed E-state index contributed by atoms with van der Waals surface area (Å²) in [7, 11) is 0. The second kappa shape index (κ2) is 7.83. The maximum Gasteiger partial charge on any atom is 0.243 e. The Hall–Kier alpha value is -1.14. The van der Waals surface area contributed by atoms with Gasteiger partial charge in [-0.05, 0) is 44.0 Å². The van der Waals surface area contributed by atoms with Crippen molar-refractivity contribution in [1.82, 2.24) is 19.9 Å². The molecule has 1 saturated heterocycles. The third kappa shape index (κ3) is 4.48. The van der Waals surface area contributed by atoms with Crippen LogP contribution in [0, 0.1) is 6.92 Å². The van der Waals surface area contributed by atoms with Crippen molar-refractivity contribution in [3.05, 3.63) is 45.5 Å². The summed E-state index contributed by atoms with van der Waals surface area (Å²) in [5.74, 6) is 1.39. The zero-order valence-corrected chi connectivity index (χ0v) is 15.5. The quantitative estimate of drug-likeness (QED) is 0.806. The van der Waals surface area contributed by atoms with E-state index >= 15 is 0 Å². The minimum absolute atomic E-state index is 0.167. The Morgan fingerprint density at radius 1 is 1.12 bits per heavy atom. The Morgan fingerprint density at radius 2 is 1.79 bits per heavy atom. The number of piperazine rings is 1. The zero-order valence-electron chi connectivity index (χ0n) is 14.0. The monoisotopic (exact) mass is 368 g/mol. The van der Waals surface area contributed by atoms with Gasteiger partial charge in [-0.1, -0.05) is 28.4 Å². The first kappa shape index (κ1) is 17.7. The number of rotatable bonds is 5. The molecule has 2 aromatic rings. The van der Waals surface area contributed by atoms with E-state index in [1.54, 1.807) is 6.07 Å². The molecule has 3 rings (SSSR count). The van der Waals surface area contributed by atoms with Crippen LogP contribution in [-0.4, -0.2) is 52.7 Å². The zero-order chi connectivity index (χ0) is 17.1. The predicted octanol–water partition coefficient (Wildman–Crippen LogP) is 3.61. The minimum atomic E-state index is 0.167. The second-order valence-corrected chi connectivity index (χ2v) is 7.13. The minimum Gasteiger partial charge on any atom is -0.338 e. The third-order valence-electron chi connectivity index (χ3n) is 4.49. The van der Waals surface area contributed by atoms with Crippen LogP contribution in [0.25, 0.3) is 0 Å². The fraction of sp³-hybridized carbons (Fsp3) is 0.529. The van der Waals surface area contributed by atoms with Gasteiger partial charge >= 0.3 is 0 Å². The summed E-state index contributed by atoms with van der Waals surface area (Å²) in [5, 5.41) is 5.28. The summed E-state index contributed by atoms with van der Waals surface area (Å²) in [5.41, 5.74) is 1.18. The standard InChI is InChI=1S/C17H22Cl2N4O/c1-12(17-20-13(2)21-24-17)23-7-5-22(6-8-23)4-3-14-9-15(18)11-16(19)10-14/h9-12H,3-8H2,1-2H3. The summed E-state index contributed by atoms with van der Waals surface area (Å²) in [6.07, 6.45) is 0.957. The molecule has 2 heterocycles. The lowest BCUT2D eigenvalue weighted by Gasteiger charge is -2.36. The van der Waals surface area contributed by atoms with Gasteiger partial charge in [0.2, 0.25) is 5.89 Å². The van der Waals surface area contributed by atoms with E-state index in [-0.39, 0.29) is 6.04 Å². The van der Waals surface area contributed by atoms with Crippen molar-refractivity contribution in [1.29, 1.82) is 0 Å². The Balaban J connectivity index is 1.48. The number of aryl methyl sites for hydroxylation is 1. The smallest absolute Gasteiger partial charge is 0.243 e. The van der Waals surface area contributed by atoms with Crippen LogP contribution in [0.5, 0.6) is 0 Å². The van der Waals surface area contributed by atoms with Gasteiger partial charge in [-0.25, -0.2) is 0 Å². The van der Waals surface area contributed by atoms with Crippen molar-refractivity contribution >= 4 is 23.2 Å².